The van der Waals surface area contributed by atoms with Crippen LogP contribution in [0.5, 0.6) is 0 Å². The van der Waals surface area contributed by atoms with E-state index >= 15 is 0 Å². The molecule has 0 spiro atoms. The van der Waals surface area contributed by atoms with Gasteiger partial charge in [-0.25, -0.2) is 19.3 Å². The maximum atomic E-state index is 15.0. The Bertz CT molecular complexity index is 1280. The van der Waals surface area contributed by atoms with Crippen molar-refractivity contribution < 1.29 is 9.13 Å². The Morgan fingerprint density at radius 1 is 1.06 bits per heavy atom. The SMILES string of the molecule is Nc1cncc(C(I)c2ccc(F)c(-c3ncnc4cc(N5CCOCC5)ccc34)c2)n1. The Morgan fingerprint density at radius 2 is 1.91 bits per heavy atom. The molecule has 32 heavy (non-hydrogen) atoms. The summed E-state index contributed by atoms with van der Waals surface area (Å²) in [7, 11) is 0. The monoisotopic (exact) mass is 542 g/mol. The lowest BCUT2D eigenvalue weighted by Crippen LogP contribution is -2.36. The number of anilines is 2. The van der Waals surface area contributed by atoms with E-state index in [-0.39, 0.29) is 9.74 Å². The average molecular weight is 542 g/mol. The summed E-state index contributed by atoms with van der Waals surface area (Å²) in [5, 5.41) is 0.800. The number of alkyl halides is 1. The van der Waals surface area contributed by atoms with Crippen LogP contribution in [0.4, 0.5) is 15.9 Å². The van der Waals surface area contributed by atoms with Crippen LogP contribution in [0.1, 0.15) is 15.2 Å². The van der Waals surface area contributed by atoms with Crippen LogP contribution in [0.3, 0.4) is 0 Å². The van der Waals surface area contributed by atoms with Gasteiger partial charge in [-0.15, -0.1) is 0 Å². The molecular formula is C23H20FIN6O. The third-order valence-electron chi connectivity index (χ3n) is 5.47. The van der Waals surface area contributed by atoms with Crippen LogP contribution in [0.15, 0.2) is 55.1 Å². The van der Waals surface area contributed by atoms with E-state index in [0.717, 1.165) is 35.2 Å². The third-order valence-corrected chi connectivity index (χ3v) is 6.82. The fourth-order valence-electron chi connectivity index (χ4n) is 3.85. The maximum Gasteiger partial charge on any atom is 0.142 e. The second kappa shape index (κ2) is 8.91. The average Bonchev–Trinajstić information content (AvgIpc) is 2.84. The number of benzene rings is 2. The molecule has 1 fully saturated rings. The summed E-state index contributed by atoms with van der Waals surface area (Å²) in [6, 6.07) is 11.1. The van der Waals surface area contributed by atoms with Gasteiger partial charge < -0.3 is 15.4 Å². The smallest absolute Gasteiger partial charge is 0.142 e. The first-order chi connectivity index (χ1) is 15.6. The van der Waals surface area contributed by atoms with Gasteiger partial charge in [0.15, 0.2) is 0 Å². The number of hydrogen-bond donors (Lipinski definition) is 1. The molecule has 9 heteroatoms. The third kappa shape index (κ3) is 4.09. The first-order valence-corrected chi connectivity index (χ1v) is 11.4. The van der Waals surface area contributed by atoms with Crippen molar-refractivity contribution in [2.45, 2.75) is 3.92 Å². The van der Waals surface area contributed by atoms with Gasteiger partial charge in [0.1, 0.15) is 18.0 Å². The number of nitrogens with zero attached hydrogens (tertiary/aromatic N) is 5. The highest BCUT2D eigenvalue weighted by atomic mass is 127. The molecule has 7 nitrogen and oxygen atoms in total. The summed E-state index contributed by atoms with van der Waals surface area (Å²) in [5.41, 5.74) is 10.2. The van der Waals surface area contributed by atoms with Gasteiger partial charge in [-0.1, -0.05) is 28.7 Å². The topological polar surface area (TPSA) is 90.0 Å². The minimum absolute atomic E-state index is 0.135. The number of nitrogens with two attached hydrogens (primary N) is 1. The number of aromatic nitrogens is 4. The molecule has 2 N–H and O–H groups in total. The molecule has 5 rings (SSSR count). The van der Waals surface area contributed by atoms with E-state index in [1.54, 1.807) is 12.3 Å². The Hall–Kier alpha value is -2.92. The second-order valence-corrected chi connectivity index (χ2v) is 8.74. The molecule has 1 atom stereocenters. The van der Waals surface area contributed by atoms with Crippen LogP contribution in [0.25, 0.3) is 22.2 Å². The molecule has 0 bridgehead atoms. The Balaban J connectivity index is 1.55. The van der Waals surface area contributed by atoms with Gasteiger partial charge in [0.05, 0.1) is 40.2 Å². The Kier molecular flexibility index (Phi) is 5.83. The highest BCUT2D eigenvalue weighted by Gasteiger charge is 2.18. The molecule has 2 aromatic carbocycles. The summed E-state index contributed by atoms with van der Waals surface area (Å²) in [4.78, 5) is 19.6. The van der Waals surface area contributed by atoms with Crippen LogP contribution < -0.4 is 10.6 Å². The van der Waals surface area contributed by atoms with Crippen molar-refractivity contribution in [2.75, 3.05) is 36.9 Å². The fraction of sp³-hybridized carbons (Fsp3) is 0.217. The number of nitrogen functional groups attached to an aromatic ring is 1. The van der Waals surface area contributed by atoms with Crippen molar-refractivity contribution in [1.29, 1.82) is 0 Å². The largest absolute Gasteiger partial charge is 0.382 e. The van der Waals surface area contributed by atoms with Crippen molar-refractivity contribution in [3.05, 3.63) is 72.2 Å². The van der Waals surface area contributed by atoms with Crippen LogP contribution in [0.2, 0.25) is 0 Å². The molecule has 1 aliphatic rings. The molecular weight excluding hydrogens is 522 g/mol. The van der Waals surface area contributed by atoms with E-state index in [1.807, 2.05) is 24.3 Å². The molecule has 0 amide bonds. The molecule has 162 valence electrons. The van der Waals surface area contributed by atoms with E-state index < -0.39 is 0 Å². The lowest BCUT2D eigenvalue weighted by atomic mass is 10.0. The minimum atomic E-state index is -0.340. The zero-order valence-corrected chi connectivity index (χ0v) is 19.2. The number of halogens is 2. The van der Waals surface area contributed by atoms with Crippen molar-refractivity contribution in [2.24, 2.45) is 0 Å². The number of rotatable bonds is 4. The van der Waals surface area contributed by atoms with Crippen LogP contribution in [-0.2, 0) is 4.74 Å². The lowest BCUT2D eigenvalue weighted by molar-refractivity contribution is 0.122. The number of morpholine rings is 1. The predicted octanol–water partition coefficient (Wildman–Crippen LogP) is 4.17. The minimum Gasteiger partial charge on any atom is -0.382 e. The van der Waals surface area contributed by atoms with E-state index in [1.165, 1.54) is 18.6 Å². The van der Waals surface area contributed by atoms with Crippen LogP contribution in [0, 0.1) is 5.82 Å². The maximum absolute atomic E-state index is 15.0. The molecule has 0 radical (unpaired) electrons. The second-order valence-electron chi connectivity index (χ2n) is 7.49. The van der Waals surface area contributed by atoms with Gasteiger partial charge >= 0.3 is 0 Å². The van der Waals surface area contributed by atoms with Crippen molar-refractivity contribution >= 4 is 45.0 Å². The van der Waals surface area contributed by atoms with E-state index in [0.29, 0.717) is 36.0 Å². The van der Waals surface area contributed by atoms with Crippen LogP contribution >= 0.6 is 22.6 Å². The summed E-state index contributed by atoms with van der Waals surface area (Å²) >= 11 is 2.26. The predicted molar refractivity (Wildman–Crippen MR) is 130 cm³/mol. The molecule has 0 aliphatic carbocycles. The fourth-order valence-corrected chi connectivity index (χ4v) is 4.54. The Morgan fingerprint density at radius 3 is 2.72 bits per heavy atom. The van der Waals surface area contributed by atoms with Gasteiger partial charge in [0, 0.05) is 35.9 Å². The standard InChI is InChI=1S/C23H20FIN6O/c24-18-4-1-14(22(25)20-11-27-12-21(26)30-20)9-17(18)23-16-3-2-15(10-19(16)28-13-29-23)31-5-7-32-8-6-31/h1-4,9-13,22H,5-8H2,(H2,26,30). The first-order valence-electron chi connectivity index (χ1n) is 10.2. The molecule has 1 unspecified atom stereocenters. The number of fused-ring (bicyclic) bond motifs is 1. The quantitative estimate of drug-likeness (QED) is 0.306. The van der Waals surface area contributed by atoms with Gasteiger partial charge in [-0.2, -0.15) is 0 Å². The van der Waals surface area contributed by atoms with Crippen molar-refractivity contribution in [1.82, 2.24) is 19.9 Å². The highest BCUT2D eigenvalue weighted by molar-refractivity contribution is 14.1. The van der Waals surface area contributed by atoms with Crippen molar-refractivity contribution in [3.63, 3.8) is 0 Å². The van der Waals surface area contributed by atoms with E-state index in [9.17, 15) is 4.39 Å². The van der Waals surface area contributed by atoms with Gasteiger partial charge in [0.25, 0.3) is 0 Å². The number of ether oxygens (including phenoxy) is 1. The molecule has 3 heterocycles. The van der Waals surface area contributed by atoms with Crippen molar-refractivity contribution in [3.8, 4) is 11.3 Å². The molecule has 1 saturated heterocycles. The first kappa shape index (κ1) is 21.0. The number of hydrogen-bond acceptors (Lipinski definition) is 7. The summed E-state index contributed by atoms with van der Waals surface area (Å²) in [6.45, 7) is 3.09. The Labute approximate surface area is 198 Å². The molecule has 2 aromatic heterocycles. The normalized spacial score (nSPS) is 15.1. The summed E-state index contributed by atoms with van der Waals surface area (Å²) < 4.78 is 20.3. The molecule has 4 aromatic rings. The van der Waals surface area contributed by atoms with Gasteiger partial charge in [-0.05, 0) is 35.9 Å². The van der Waals surface area contributed by atoms with Gasteiger partial charge in [0.2, 0.25) is 0 Å². The van der Waals surface area contributed by atoms with Gasteiger partial charge in [-0.3, -0.25) is 4.98 Å². The lowest BCUT2D eigenvalue weighted by Gasteiger charge is -2.29. The summed E-state index contributed by atoms with van der Waals surface area (Å²) in [5.74, 6) is 0.0117. The summed E-state index contributed by atoms with van der Waals surface area (Å²) in [6.07, 6.45) is 4.66. The van der Waals surface area contributed by atoms with E-state index in [4.69, 9.17) is 10.5 Å². The zero-order valence-electron chi connectivity index (χ0n) is 17.1. The van der Waals surface area contributed by atoms with Crippen LogP contribution in [-0.4, -0.2) is 46.2 Å². The molecule has 0 saturated carbocycles. The molecule has 1 aliphatic heterocycles. The van der Waals surface area contributed by atoms with E-state index in [2.05, 4.69) is 47.4 Å². The highest BCUT2D eigenvalue weighted by Crippen LogP contribution is 2.35. The zero-order chi connectivity index (χ0) is 22.1.